The van der Waals surface area contributed by atoms with Crippen LogP contribution in [-0.4, -0.2) is 19.3 Å². The van der Waals surface area contributed by atoms with Crippen molar-refractivity contribution in [1.29, 1.82) is 0 Å². The van der Waals surface area contributed by atoms with Crippen LogP contribution in [-0.2, 0) is 4.74 Å². The van der Waals surface area contributed by atoms with Gasteiger partial charge in [0.25, 0.3) is 0 Å². The largest absolute Gasteiger partial charge is 0.378 e. The van der Waals surface area contributed by atoms with Gasteiger partial charge in [-0.15, -0.1) is 0 Å². The Labute approximate surface area is 53.4 Å². The van der Waals surface area contributed by atoms with E-state index < -0.39 is 0 Å². The zero-order chi connectivity index (χ0) is 6.53. The van der Waals surface area contributed by atoms with Crippen LogP contribution < -0.4 is 0 Å². The fourth-order valence-corrected chi connectivity index (χ4v) is 0.759. The maximum Gasteiger partial charge on any atom is 0.0598 e. The molecule has 0 aliphatic carbocycles. The molecular formula is C5H9N3O. The van der Waals surface area contributed by atoms with Gasteiger partial charge >= 0.3 is 0 Å². The van der Waals surface area contributed by atoms with Gasteiger partial charge in [-0.05, 0) is 18.4 Å². The lowest BCUT2D eigenvalue weighted by molar-refractivity contribution is -0.0528. The Balaban J connectivity index is 1.97. The molecule has 1 saturated heterocycles. The average molecular weight is 127 g/mol. The van der Waals surface area contributed by atoms with E-state index in [2.05, 4.69) is 10.0 Å². The molecule has 0 N–H and O–H groups in total. The zero-order valence-corrected chi connectivity index (χ0v) is 5.16. The summed E-state index contributed by atoms with van der Waals surface area (Å²) >= 11 is 0. The summed E-state index contributed by atoms with van der Waals surface area (Å²) in [5.74, 6) is 0. The second-order valence-corrected chi connectivity index (χ2v) is 2.02. The number of rotatable bonds is 3. The van der Waals surface area contributed by atoms with Gasteiger partial charge in [0.15, 0.2) is 0 Å². The van der Waals surface area contributed by atoms with Gasteiger partial charge in [0.05, 0.1) is 6.10 Å². The predicted molar refractivity (Wildman–Crippen MR) is 33.0 cm³/mol. The van der Waals surface area contributed by atoms with Gasteiger partial charge in [0.2, 0.25) is 0 Å². The first-order valence-electron chi connectivity index (χ1n) is 3.06. The van der Waals surface area contributed by atoms with E-state index in [1.54, 1.807) is 0 Å². The van der Waals surface area contributed by atoms with Gasteiger partial charge in [-0.2, -0.15) is 0 Å². The molecule has 0 saturated carbocycles. The van der Waals surface area contributed by atoms with Crippen molar-refractivity contribution in [2.45, 2.75) is 18.9 Å². The van der Waals surface area contributed by atoms with E-state index >= 15 is 0 Å². The molecule has 0 radical (unpaired) electrons. The molecule has 1 atom stereocenters. The molecule has 1 heterocycles. The molecule has 9 heavy (non-hydrogen) atoms. The Morgan fingerprint density at radius 2 is 2.56 bits per heavy atom. The third-order valence-electron chi connectivity index (χ3n) is 1.41. The predicted octanol–water partition coefficient (Wildman–Crippen LogP) is 1.48. The topological polar surface area (TPSA) is 58.0 Å². The van der Waals surface area contributed by atoms with Crippen molar-refractivity contribution in [3.8, 4) is 0 Å². The van der Waals surface area contributed by atoms with Crippen LogP contribution in [0.1, 0.15) is 12.8 Å². The number of nitrogens with zero attached hydrogens (tertiary/aromatic N) is 3. The minimum absolute atomic E-state index is 0.371. The van der Waals surface area contributed by atoms with Crippen molar-refractivity contribution in [3.63, 3.8) is 0 Å². The van der Waals surface area contributed by atoms with Crippen LogP contribution in [0.15, 0.2) is 5.11 Å². The standard InChI is InChI=1S/C5H9N3O/c6-8-7-3-1-5-2-4-9-5/h5H,1-4H2/t5-/m0/s1. The molecule has 1 rings (SSSR count). The smallest absolute Gasteiger partial charge is 0.0598 e. The van der Waals surface area contributed by atoms with Crippen molar-refractivity contribution in [3.05, 3.63) is 10.4 Å². The molecule has 1 fully saturated rings. The molecule has 4 heteroatoms. The Hall–Kier alpha value is -0.730. The summed E-state index contributed by atoms with van der Waals surface area (Å²) in [6.07, 6.45) is 2.38. The summed E-state index contributed by atoms with van der Waals surface area (Å²) in [5.41, 5.74) is 7.89. The third-order valence-corrected chi connectivity index (χ3v) is 1.41. The third kappa shape index (κ3) is 1.91. The molecule has 1 aliphatic rings. The lowest BCUT2D eigenvalue weighted by Gasteiger charge is -2.25. The monoisotopic (exact) mass is 127 g/mol. The highest BCUT2D eigenvalue weighted by molar-refractivity contribution is 4.67. The quantitative estimate of drug-likeness (QED) is 0.322. The second kappa shape index (κ2) is 3.33. The van der Waals surface area contributed by atoms with Gasteiger partial charge in [0.1, 0.15) is 0 Å². The fraction of sp³-hybridized carbons (Fsp3) is 1.00. The van der Waals surface area contributed by atoms with E-state index in [9.17, 15) is 0 Å². The summed E-state index contributed by atoms with van der Waals surface area (Å²) in [6, 6.07) is 0. The molecule has 1 aliphatic heterocycles. The first-order valence-corrected chi connectivity index (χ1v) is 3.06. The molecule has 0 bridgehead atoms. The summed E-state index contributed by atoms with van der Waals surface area (Å²) in [6.45, 7) is 1.45. The van der Waals surface area contributed by atoms with E-state index in [1.807, 2.05) is 0 Å². The van der Waals surface area contributed by atoms with Crippen LogP contribution in [0.2, 0.25) is 0 Å². The zero-order valence-electron chi connectivity index (χ0n) is 5.16. The highest BCUT2D eigenvalue weighted by Gasteiger charge is 2.16. The van der Waals surface area contributed by atoms with Crippen LogP contribution in [0.3, 0.4) is 0 Å². The van der Waals surface area contributed by atoms with Crippen LogP contribution in [0, 0.1) is 0 Å². The normalized spacial score (nSPS) is 24.2. The van der Waals surface area contributed by atoms with E-state index in [1.165, 1.54) is 0 Å². The molecule has 0 spiro atoms. The summed E-state index contributed by atoms with van der Waals surface area (Å²) in [4.78, 5) is 2.64. The molecule has 0 aromatic carbocycles. The van der Waals surface area contributed by atoms with Crippen molar-refractivity contribution in [2.24, 2.45) is 5.11 Å². The van der Waals surface area contributed by atoms with Gasteiger partial charge in [-0.1, -0.05) is 5.11 Å². The molecule has 4 nitrogen and oxygen atoms in total. The Kier molecular flexibility index (Phi) is 2.36. The number of azide groups is 1. The molecule has 0 amide bonds. The fourth-order valence-electron chi connectivity index (χ4n) is 0.759. The number of hydrogen-bond acceptors (Lipinski definition) is 2. The summed E-state index contributed by atoms with van der Waals surface area (Å²) < 4.78 is 5.09. The van der Waals surface area contributed by atoms with Gasteiger partial charge in [-0.25, -0.2) is 0 Å². The second-order valence-electron chi connectivity index (χ2n) is 2.02. The summed E-state index contributed by atoms with van der Waals surface area (Å²) in [7, 11) is 0. The lowest BCUT2D eigenvalue weighted by Crippen LogP contribution is -2.27. The molecule has 0 unspecified atom stereocenters. The van der Waals surface area contributed by atoms with Crippen molar-refractivity contribution < 1.29 is 4.74 Å². The maximum absolute atomic E-state index is 7.89. The SMILES string of the molecule is [N-]=[N+]=NCC[C@H]1CCO1. The van der Waals surface area contributed by atoms with Crippen LogP contribution >= 0.6 is 0 Å². The summed E-state index contributed by atoms with van der Waals surface area (Å²) in [5, 5.41) is 3.39. The van der Waals surface area contributed by atoms with Crippen molar-refractivity contribution in [1.82, 2.24) is 0 Å². The maximum atomic E-state index is 7.89. The Bertz CT molecular complexity index is 126. The van der Waals surface area contributed by atoms with Crippen molar-refractivity contribution >= 4 is 0 Å². The van der Waals surface area contributed by atoms with Crippen LogP contribution in [0.25, 0.3) is 10.4 Å². The van der Waals surface area contributed by atoms with E-state index in [0.717, 1.165) is 19.4 Å². The van der Waals surface area contributed by atoms with Crippen LogP contribution in [0.4, 0.5) is 0 Å². The number of ether oxygens (including phenoxy) is 1. The molecule has 0 aromatic heterocycles. The van der Waals surface area contributed by atoms with E-state index in [-0.39, 0.29) is 0 Å². The molecular weight excluding hydrogens is 118 g/mol. The highest BCUT2D eigenvalue weighted by Crippen LogP contribution is 2.13. The molecule has 0 aromatic rings. The first-order chi connectivity index (χ1) is 4.43. The van der Waals surface area contributed by atoms with Crippen molar-refractivity contribution in [2.75, 3.05) is 13.2 Å². The molecule has 50 valence electrons. The van der Waals surface area contributed by atoms with Crippen LogP contribution in [0.5, 0.6) is 0 Å². The minimum Gasteiger partial charge on any atom is -0.378 e. The van der Waals surface area contributed by atoms with Gasteiger partial charge < -0.3 is 4.74 Å². The lowest BCUT2D eigenvalue weighted by atomic mass is 10.1. The Morgan fingerprint density at radius 1 is 1.78 bits per heavy atom. The average Bonchev–Trinajstić information content (AvgIpc) is 1.76. The van der Waals surface area contributed by atoms with E-state index in [4.69, 9.17) is 10.3 Å². The van der Waals surface area contributed by atoms with E-state index in [0.29, 0.717) is 12.6 Å². The number of hydrogen-bond donors (Lipinski definition) is 0. The first kappa shape index (κ1) is 6.39. The van der Waals surface area contributed by atoms with Gasteiger partial charge in [0, 0.05) is 18.1 Å². The minimum atomic E-state index is 0.371. The van der Waals surface area contributed by atoms with Gasteiger partial charge in [-0.3, -0.25) is 0 Å². The Morgan fingerprint density at radius 3 is 3.00 bits per heavy atom. The highest BCUT2D eigenvalue weighted by atomic mass is 16.5.